The van der Waals surface area contributed by atoms with E-state index in [2.05, 4.69) is 38.0 Å². The Morgan fingerprint density at radius 3 is 1.30 bits per heavy atom. The number of benzene rings is 8. The number of nitrogen functional groups attached to an aromatic ring is 1. The molecular weight excluding hydrogens is 1680 g/mol. The van der Waals surface area contributed by atoms with Gasteiger partial charge in [0.05, 0.1) is 77.0 Å². The van der Waals surface area contributed by atoms with Crippen molar-refractivity contribution in [2.75, 3.05) is 98.2 Å². The topological polar surface area (TPSA) is 326 Å². The molecular formula is C92H112Cl4N8O16S2. The molecule has 8 aromatic carbocycles. The average Bonchev–Trinajstić information content (AvgIpc) is 0.782. The third-order valence-electron chi connectivity index (χ3n) is 21.7. The van der Waals surface area contributed by atoms with E-state index < -0.39 is 36.1 Å². The number of aryl methyl sites for hydroxylation is 4. The number of sulfonamides is 1. The lowest BCUT2D eigenvalue weighted by Crippen LogP contribution is -2.43. The van der Waals surface area contributed by atoms with Gasteiger partial charge in [-0.25, -0.2) is 26.4 Å². The molecule has 0 spiro atoms. The first-order valence-corrected chi connectivity index (χ1v) is 45.3. The fourth-order valence-electron chi connectivity index (χ4n) is 15.1. The quantitative estimate of drug-likeness (QED) is 0.0132. The summed E-state index contributed by atoms with van der Waals surface area (Å²) in [6, 6.07) is 52.9. The van der Waals surface area contributed by atoms with Crippen molar-refractivity contribution in [2.45, 2.75) is 165 Å². The van der Waals surface area contributed by atoms with E-state index in [0.29, 0.717) is 78.7 Å². The molecule has 0 aromatic heterocycles. The van der Waals surface area contributed by atoms with Crippen molar-refractivity contribution in [2.24, 2.45) is 11.8 Å². The molecule has 0 unspecified atom stereocenters. The molecule has 0 radical (unpaired) electrons. The van der Waals surface area contributed by atoms with Crippen molar-refractivity contribution in [1.29, 1.82) is 0 Å². The molecule has 8 aromatic rings. The Kier molecular flexibility index (Phi) is 40.2. The van der Waals surface area contributed by atoms with Gasteiger partial charge in [0.15, 0.2) is 0 Å². The number of nitrogens with zero attached hydrogens (tertiary/aromatic N) is 3. The highest BCUT2D eigenvalue weighted by atomic mass is 35.7. The smallest absolute Gasteiger partial charge is 0.337 e. The number of hydrogen-bond donors (Lipinski definition) is 5. The first-order chi connectivity index (χ1) is 57.7. The average molecular weight is 1790 g/mol. The Bertz CT molecular complexity index is 5020. The van der Waals surface area contributed by atoms with Gasteiger partial charge >= 0.3 is 23.9 Å². The fraction of sp³-hybridized carbons (Fsp3) is 0.391. The predicted molar refractivity (Wildman–Crippen MR) is 485 cm³/mol. The molecule has 2 aliphatic heterocycles. The lowest BCUT2D eigenvalue weighted by atomic mass is 9.86. The largest absolute Gasteiger partial charge is 0.466 e. The van der Waals surface area contributed by atoms with Crippen LogP contribution in [0.15, 0.2) is 192 Å². The van der Waals surface area contributed by atoms with Gasteiger partial charge in [-0.1, -0.05) is 80.6 Å². The van der Waals surface area contributed by atoms with E-state index in [1.807, 2.05) is 104 Å². The van der Waals surface area contributed by atoms with Crippen LogP contribution in [0, 0.1) is 11.8 Å². The number of halogens is 4. The minimum Gasteiger partial charge on any atom is -0.466 e. The van der Waals surface area contributed by atoms with Gasteiger partial charge in [0.2, 0.25) is 10.0 Å². The molecule has 2 aliphatic carbocycles. The van der Waals surface area contributed by atoms with Crippen LogP contribution in [0.3, 0.4) is 0 Å². The SMILES string of the molecule is CCNC1CCC(C(=O)OCC)CC1.CCOC(=O)C1CCC(N(CC)S(=O)(=O)c2cccc(C(=O)Nc3ccc(N4CCCCC4)cc3C(=O)Nc3ccc(CCc4ccc(C(=O)OC)cc4)cc3)c2)CC1.COC(=O)c1ccc(CCc2ccc(NC(=O)c3cc(N4CCCCC4)ccc3N)cc2)cc1.Cl.Cl.O=C(Cl)c1cccc(S(=O)(=O)Cl)c1. The van der Waals surface area contributed by atoms with Gasteiger partial charge in [-0.3, -0.25) is 28.8 Å². The number of ether oxygens (including phenoxy) is 4. The molecule has 6 N–H and O–H groups in total. The summed E-state index contributed by atoms with van der Waals surface area (Å²) in [7, 11) is 0.0157. The number of carbonyl (C=O) groups excluding carboxylic acids is 8. The molecule has 0 bridgehead atoms. The Morgan fingerprint density at radius 2 is 0.869 bits per heavy atom. The van der Waals surface area contributed by atoms with Crippen LogP contribution in [-0.2, 0) is 73.3 Å². The Morgan fingerprint density at radius 1 is 0.459 bits per heavy atom. The van der Waals surface area contributed by atoms with Gasteiger partial charge in [-0.15, -0.1) is 24.8 Å². The van der Waals surface area contributed by atoms with Crippen molar-refractivity contribution >= 4 is 147 Å². The van der Waals surface area contributed by atoms with Crippen molar-refractivity contribution < 1.29 is 74.1 Å². The monoisotopic (exact) mass is 1790 g/mol. The fourth-order valence-corrected chi connectivity index (χ4v) is 17.7. The third-order valence-corrected chi connectivity index (χ3v) is 25.3. The molecule has 2 heterocycles. The maximum absolute atomic E-state index is 14.0. The lowest BCUT2D eigenvalue weighted by molar-refractivity contribution is -0.150. The number of hydrogen-bond acceptors (Lipinski definition) is 20. The summed E-state index contributed by atoms with van der Waals surface area (Å²) < 4.78 is 70.8. The highest BCUT2D eigenvalue weighted by Crippen LogP contribution is 2.35. The second kappa shape index (κ2) is 49.4. The molecule has 122 heavy (non-hydrogen) atoms. The second-order valence-corrected chi connectivity index (χ2v) is 34.6. The second-order valence-electron chi connectivity index (χ2n) is 29.8. The number of esters is 4. The number of methoxy groups -OCH3 is 2. The van der Waals surface area contributed by atoms with Gasteiger partial charge in [0, 0.05) is 95.1 Å². The summed E-state index contributed by atoms with van der Waals surface area (Å²) in [6.45, 7) is 13.4. The van der Waals surface area contributed by atoms with Crippen LogP contribution in [0.1, 0.15) is 202 Å². The van der Waals surface area contributed by atoms with Crippen molar-refractivity contribution in [3.05, 3.63) is 238 Å². The van der Waals surface area contributed by atoms with Crippen LogP contribution in [-0.4, -0.2) is 147 Å². The first kappa shape index (κ1) is 99.2. The lowest BCUT2D eigenvalue weighted by Gasteiger charge is -2.35. The van der Waals surface area contributed by atoms with Crippen LogP contribution in [0.2, 0.25) is 0 Å². The Balaban J connectivity index is 0.000000270. The number of carbonyl (C=O) groups is 8. The number of rotatable bonds is 28. The minimum absolute atomic E-state index is 0. The zero-order chi connectivity index (χ0) is 86.3. The highest BCUT2D eigenvalue weighted by molar-refractivity contribution is 8.13. The van der Waals surface area contributed by atoms with Crippen LogP contribution in [0.5, 0.6) is 0 Å². The van der Waals surface area contributed by atoms with Crippen molar-refractivity contribution in [1.82, 2.24) is 9.62 Å². The van der Waals surface area contributed by atoms with E-state index in [1.165, 1.54) is 73.7 Å². The van der Waals surface area contributed by atoms with Gasteiger partial charge < -0.3 is 55.7 Å². The van der Waals surface area contributed by atoms with E-state index in [1.54, 1.807) is 62.4 Å². The standard InChI is InChI=1S/C46H54N4O8S.C28H31N3O3.C11H21NO2.C7H4Cl2O3S.2ClH/c1-4-50(38-24-20-35(21-25-38)46(54)58-5-2)59(55,56)40-11-9-10-36(30-40)43(51)48-42-27-26-39(49-28-7-6-8-29-49)31-41(42)44(52)47-37-22-16-33(17-23-37)13-12-32-14-18-34(19-15-32)45(53)57-3;1-34-28(33)22-11-7-20(8-12-22)5-6-21-9-13-23(14-10-21)30-27(32)25-19-24(15-16-26(25)29)31-17-3-2-4-18-31;1-3-12-10-7-5-9(6-8-10)11(13)14-4-2;8-7(10)5-2-1-3-6(4-5)13(9,11)12;;/h9-11,14-19,22-23,26-27,30-31,35,38H,4-8,12-13,20-21,24-25,28-29H2,1-3H3,(H,47,52)(H,48,51);7-16,19H,2-6,17-18,29H2,1H3,(H,30,32);9-10,12H,3-8H2,1-2H3;1-4H;2*1H. The van der Waals surface area contributed by atoms with Crippen LogP contribution >= 0.6 is 47.1 Å². The molecule has 24 nitrogen and oxygen atoms in total. The summed E-state index contributed by atoms with van der Waals surface area (Å²) in [5.41, 5.74) is 16.7. The Labute approximate surface area is 738 Å². The minimum atomic E-state index is -3.98. The normalized spacial score (nSPS) is 16.2. The summed E-state index contributed by atoms with van der Waals surface area (Å²) in [4.78, 5) is 103. The number of anilines is 6. The van der Waals surface area contributed by atoms with Gasteiger partial charge in [-0.2, -0.15) is 4.31 Å². The zero-order valence-corrected chi connectivity index (χ0v) is 74.6. The maximum atomic E-state index is 14.0. The number of amides is 3. The highest BCUT2D eigenvalue weighted by Gasteiger charge is 2.36. The summed E-state index contributed by atoms with van der Waals surface area (Å²) in [5.74, 6) is -2.16. The number of piperidine rings is 2. The first-order valence-electron chi connectivity index (χ1n) is 41.2. The van der Waals surface area contributed by atoms with E-state index in [-0.39, 0.29) is 106 Å². The maximum Gasteiger partial charge on any atom is 0.337 e. The van der Waals surface area contributed by atoms with Crippen LogP contribution < -0.4 is 36.8 Å². The van der Waals surface area contributed by atoms with Gasteiger partial charge in [0.1, 0.15) is 0 Å². The van der Waals surface area contributed by atoms with E-state index in [4.69, 9.17) is 47.0 Å². The van der Waals surface area contributed by atoms with Crippen molar-refractivity contribution in [3.63, 3.8) is 0 Å². The van der Waals surface area contributed by atoms with Crippen LogP contribution in [0.4, 0.5) is 34.1 Å². The Hall–Kier alpha value is -9.90. The van der Waals surface area contributed by atoms with Gasteiger partial charge in [0.25, 0.3) is 32.0 Å². The summed E-state index contributed by atoms with van der Waals surface area (Å²) in [5, 5.41) is 11.6. The van der Waals surface area contributed by atoms with Crippen LogP contribution in [0.25, 0.3) is 0 Å². The summed E-state index contributed by atoms with van der Waals surface area (Å²) >= 11 is 5.15. The summed E-state index contributed by atoms with van der Waals surface area (Å²) in [6.07, 6.45) is 16.5. The predicted octanol–water partition coefficient (Wildman–Crippen LogP) is 17.5. The molecule has 0 atom stereocenters. The van der Waals surface area contributed by atoms with E-state index in [9.17, 15) is 55.2 Å². The van der Waals surface area contributed by atoms with E-state index in [0.717, 1.165) is 143 Å². The third kappa shape index (κ3) is 29.4. The zero-order valence-electron chi connectivity index (χ0n) is 69.9. The van der Waals surface area contributed by atoms with Gasteiger partial charge in [-0.05, 0) is 285 Å². The van der Waals surface area contributed by atoms with Crippen molar-refractivity contribution in [3.8, 4) is 0 Å². The molecule has 30 heteroatoms. The van der Waals surface area contributed by atoms with E-state index >= 15 is 0 Å². The molecule has 2 saturated heterocycles. The molecule has 4 aliphatic rings. The molecule has 4 fully saturated rings. The molecule has 12 rings (SSSR count). The molecule has 3 amide bonds. The number of nitrogens with one attached hydrogen (secondary N) is 4. The number of nitrogens with two attached hydrogens (primary N) is 1. The molecule has 656 valence electrons. The molecule has 2 saturated carbocycles.